The van der Waals surface area contributed by atoms with Crippen molar-refractivity contribution in [3.05, 3.63) is 35.6 Å². The van der Waals surface area contributed by atoms with Gasteiger partial charge in [0.15, 0.2) is 0 Å². The zero-order valence-corrected chi connectivity index (χ0v) is 9.89. The van der Waals surface area contributed by atoms with Crippen molar-refractivity contribution in [2.75, 3.05) is 13.2 Å². The van der Waals surface area contributed by atoms with Gasteiger partial charge in [0, 0.05) is 5.54 Å². The first-order chi connectivity index (χ1) is 8.24. The highest BCUT2D eigenvalue weighted by Gasteiger charge is 2.32. The summed E-state index contributed by atoms with van der Waals surface area (Å²) in [5.74, 6) is -0.410. The SMILES string of the molecule is CC(CO)(Cc1ccc(F)cc1)NCC(F)(F)F. The van der Waals surface area contributed by atoms with Crippen molar-refractivity contribution < 1.29 is 22.7 Å². The molecule has 0 heterocycles. The van der Waals surface area contributed by atoms with Crippen LogP contribution in [0.2, 0.25) is 0 Å². The summed E-state index contributed by atoms with van der Waals surface area (Å²) >= 11 is 0. The number of hydrogen-bond donors (Lipinski definition) is 2. The van der Waals surface area contributed by atoms with Gasteiger partial charge >= 0.3 is 6.18 Å². The van der Waals surface area contributed by atoms with E-state index in [2.05, 4.69) is 5.32 Å². The minimum absolute atomic E-state index is 0.180. The third-order valence-electron chi connectivity index (χ3n) is 2.57. The monoisotopic (exact) mass is 265 g/mol. The zero-order valence-electron chi connectivity index (χ0n) is 9.89. The largest absolute Gasteiger partial charge is 0.401 e. The maximum atomic E-state index is 12.7. The van der Waals surface area contributed by atoms with Gasteiger partial charge in [-0.1, -0.05) is 12.1 Å². The molecule has 0 saturated carbocycles. The van der Waals surface area contributed by atoms with Crippen LogP contribution in [0.5, 0.6) is 0 Å². The van der Waals surface area contributed by atoms with E-state index < -0.39 is 30.7 Å². The van der Waals surface area contributed by atoms with Crippen LogP contribution in [-0.2, 0) is 6.42 Å². The number of hydrogen-bond acceptors (Lipinski definition) is 2. The van der Waals surface area contributed by atoms with Crippen LogP contribution in [0.15, 0.2) is 24.3 Å². The van der Waals surface area contributed by atoms with Crippen molar-refractivity contribution in [1.29, 1.82) is 0 Å². The van der Waals surface area contributed by atoms with Crippen molar-refractivity contribution in [3.8, 4) is 0 Å². The summed E-state index contributed by atoms with van der Waals surface area (Å²) in [6.07, 6.45) is -4.15. The number of nitrogens with one attached hydrogen (secondary N) is 1. The minimum atomic E-state index is -4.33. The van der Waals surface area contributed by atoms with Gasteiger partial charge in [0.2, 0.25) is 0 Å². The molecular weight excluding hydrogens is 250 g/mol. The van der Waals surface area contributed by atoms with Crippen LogP contribution in [0.25, 0.3) is 0 Å². The summed E-state index contributed by atoms with van der Waals surface area (Å²) in [4.78, 5) is 0. The van der Waals surface area contributed by atoms with E-state index in [-0.39, 0.29) is 6.42 Å². The molecule has 6 heteroatoms. The summed E-state index contributed by atoms with van der Waals surface area (Å²) in [6, 6.07) is 5.44. The molecule has 0 spiro atoms. The van der Waals surface area contributed by atoms with Crippen LogP contribution in [0.4, 0.5) is 17.6 Å². The molecule has 1 aromatic carbocycles. The molecular formula is C12H15F4NO. The molecule has 18 heavy (non-hydrogen) atoms. The van der Waals surface area contributed by atoms with E-state index in [1.807, 2.05) is 0 Å². The molecule has 0 saturated heterocycles. The number of halogens is 4. The van der Waals surface area contributed by atoms with Crippen molar-refractivity contribution in [3.63, 3.8) is 0 Å². The fourth-order valence-corrected chi connectivity index (χ4v) is 1.54. The fraction of sp³-hybridized carbons (Fsp3) is 0.500. The molecule has 0 radical (unpaired) electrons. The Hall–Kier alpha value is -1.14. The van der Waals surface area contributed by atoms with Gasteiger partial charge in [-0.05, 0) is 31.0 Å². The number of aliphatic hydroxyl groups excluding tert-OH is 1. The molecule has 0 aromatic heterocycles. The lowest BCUT2D eigenvalue weighted by molar-refractivity contribution is -0.129. The Balaban J connectivity index is 2.67. The average molecular weight is 265 g/mol. The van der Waals surface area contributed by atoms with Crippen LogP contribution in [0.1, 0.15) is 12.5 Å². The first kappa shape index (κ1) is 14.9. The summed E-state index contributed by atoms with van der Waals surface area (Å²) in [6.45, 7) is -0.131. The third-order valence-corrected chi connectivity index (χ3v) is 2.57. The van der Waals surface area contributed by atoms with E-state index in [0.29, 0.717) is 5.56 Å². The quantitative estimate of drug-likeness (QED) is 0.800. The van der Waals surface area contributed by atoms with Crippen LogP contribution in [0.3, 0.4) is 0 Å². The minimum Gasteiger partial charge on any atom is -0.394 e. The predicted octanol–water partition coefficient (Wildman–Crippen LogP) is 2.27. The number of benzene rings is 1. The lowest BCUT2D eigenvalue weighted by Crippen LogP contribution is -2.51. The van der Waals surface area contributed by atoms with Gasteiger partial charge in [0.1, 0.15) is 5.82 Å². The van der Waals surface area contributed by atoms with Crippen molar-refractivity contribution in [2.24, 2.45) is 0 Å². The predicted molar refractivity (Wildman–Crippen MR) is 59.7 cm³/mol. The van der Waals surface area contributed by atoms with E-state index in [4.69, 9.17) is 0 Å². The molecule has 1 atom stereocenters. The maximum Gasteiger partial charge on any atom is 0.401 e. The van der Waals surface area contributed by atoms with Gasteiger partial charge in [-0.3, -0.25) is 0 Å². The first-order valence-electron chi connectivity index (χ1n) is 5.41. The van der Waals surface area contributed by atoms with Crippen LogP contribution in [0, 0.1) is 5.82 Å². The van der Waals surface area contributed by atoms with Crippen molar-refractivity contribution in [2.45, 2.75) is 25.1 Å². The Kier molecular flexibility index (Phi) is 4.70. The highest BCUT2D eigenvalue weighted by Crippen LogP contribution is 2.18. The Morgan fingerprint density at radius 2 is 1.72 bits per heavy atom. The summed E-state index contributed by atoms with van der Waals surface area (Å²) in [5.41, 5.74) is -0.435. The summed E-state index contributed by atoms with van der Waals surface area (Å²) in [5, 5.41) is 11.5. The van der Waals surface area contributed by atoms with Crippen LogP contribution >= 0.6 is 0 Å². The summed E-state index contributed by atoms with van der Waals surface area (Å²) in [7, 11) is 0. The molecule has 1 unspecified atom stereocenters. The zero-order chi connectivity index (χ0) is 13.8. The van der Waals surface area contributed by atoms with E-state index in [0.717, 1.165) is 0 Å². The third kappa shape index (κ3) is 5.01. The van der Waals surface area contributed by atoms with E-state index in [1.54, 1.807) is 0 Å². The van der Waals surface area contributed by atoms with Crippen molar-refractivity contribution >= 4 is 0 Å². The Labute approximate surface area is 103 Å². The number of alkyl halides is 3. The topological polar surface area (TPSA) is 32.3 Å². The fourth-order valence-electron chi connectivity index (χ4n) is 1.54. The normalized spacial score (nSPS) is 15.4. The molecule has 102 valence electrons. The lowest BCUT2D eigenvalue weighted by atomic mass is 9.93. The highest BCUT2D eigenvalue weighted by atomic mass is 19.4. The van der Waals surface area contributed by atoms with Crippen molar-refractivity contribution in [1.82, 2.24) is 5.32 Å². The maximum absolute atomic E-state index is 12.7. The van der Waals surface area contributed by atoms with Gasteiger partial charge in [-0.15, -0.1) is 0 Å². The van der Waals surface area contributed by atoms with E-state index in [1.165, 1.54) is 31.2 Å². The van der Waals surface area contributed by atoms with Gasteiger partial charge in [-0.25, -0.2) is 4.39 Å². The Morgan fingerprint density at radius 3 is 2.17 bits per heavy atom. The second-order valence-corrected chi connectivity index (χ2v) is 4.49. The number of aliphatic hydroxyl groups is 1. The van der Waals surface area contributed by atoms with Gasteiger partial charge < -0.3 is 10.4 Å². The van der Waals surface area contributed by atoms with E-state index in [9.17, 15) is 22.7 Å². The molecule has 0 amide bonds. The molecule has 0 fully saturated rings. The molecule has 1 aromatic rings. The smallest absolute Gasteiger partial charge is 0.394 e. The number of rotatable bonds is 5. The molecule has 0 aliphatic carbocycles. The molecule has 2 N–H and O–H groups in total. The van der Waals surface area contributed by atoms with Crippen LogP contribution in [-0.4, -0.2) is 30.0 Å². The lowest BCUT2D eigenvalue weighted by Gasteiger charge is -2.29. The second-order valence-electron chi connectivity index (χ2n) is 4.49. The molecule has 0 bridgehead atoms. The van der Waals surface area contributed by atoms with E-state index >= 15 is 0 Å². The Bertz CT molecular complexity index is 377. The summed E-state index contributed by atoms with van der Waals surface area (Å²) < 4.78 is 49.1. The second kappa shape index (κ2) is 5.67. The van der Waals surface area contributed by atoms with Gasteiger partial charge in [-0.2, -0.15) is 13.2 Å². The van der Waals surface area contributed by atoms with Gasteiger partial charge in [0.05, 0.1) is 13.2 Å². The molecule has 0 aliphatic heterocycles. The van der Waals surface area contributed by atoms with Gasteiger partial charge in [0.25, 0.3) is 0 Å². The first-order valence-corrected chi connectivity index (χ1v) is 5.41. The molecule has 0 aliphatic rings. The highest BCUT2D eigenvalue weighted by molar-refractivity contribution is 5.18. The standard InChI is InChI=1S/C12H15F4NO/c1-11(8-18,17-7-12(14,15)16)6-9-2-4-10(13)5-3-9/h2-5,17-18H,6-8H2,1H3. The molecule has 1 rings (SSSR count). The Morgan fingerprint density at radius 1 is 1.17 bits per heavy atom. The van der Waals surface area contributed by atoms with Crippen LogP contribution < -0.4 is 5.32 Å². The molecule has 2 nitrogen and oxygen atoms in total. The average Bonchev–Trinajstić information content (AvgIpc) is 2.29.